The predicted octanol–water partition coefficient (Wildman–Crippen LogP) is 2.57. The molecule has 0 spiro atoms. The summed E-state index contributed by atoms with van der Waals surface area (Å²) in [6.45, 7) is 12.0. The van der Waals surface area contributed by atoms with Gasteiger partial charge in [-0.25, -0.2) is 0 Å². The Hall–Kier alpha value is -0.260. The Labute approximate surface area is 115 Å². The number of rotatable bonds is 7. The summed E-state index contributed by atoms with van der Waals surface area (Å²) in [4.78, 5) is 0. The highest BCUT2D eigenvalue weighted by atomic mass is 32.2. The maximum atomic E-state index is 12.1. The second-order valence-corrected chi connectivity index (χ2v) is 7.71. The third-order valence-corrected chi connectivity index (χ3v) is 4.36. The summed E-state index contributed by atoms with van der Waals surface area (Å²) in [5, 5.41) is 11.2. The Morgan fingerprint density at radius 3 is 2.28 bits per heavy atom. The fourth-order valence-electron chi connectivity index (χ4n) is 1.32. The van der Waals surface area contributed by atoms with Gasteiger partial charge >= 0.3 is 0 Å². The second-order valence-electron chi connectivity index (χ2n) is 5.71. The van der Waals surface area contributed by atoms with Gasteiger partial charge in [-0.2, -0.15) is 0 Å². The first-order valence-corrected chi connectivity index (χ1v) is 7.90. The van der Waals surface area contributed by atoms with E-state index in [-0.39, 0.29) is 16.8 Å². The van der Waals surface area contributed by atoms with Gasteiger partial charge in [-0.05, 0) is 40.5 Å². The van der Waals surface area contributed by atoms with E-state index in [9.17, 15) is 4.55 Å². The SMILES string of the molecule is CCC[C@H](N[S@+]([O-])C(C)(C)C)C(=N)NC(C)CC. The fourth-order valence-corrected chi connectivity index (χ4v) is 2.17. The Morgan fingerprint density at radius 1 is 1.33 bits per heavy atom. The lowest BCUT2D eigenvalue weighted by atomic mass is 10.1. The summed E-state index contributed by atoms with van der Waals surface area (Å²) < 4.78 is 14.9. The Bertz CT molecular complexity index is 253. The van der Waals surface area contributed by atoms with Gasteiger partial charge in [-0.3, -0.25) is 5.41 Å². The average Bonchev–Trinajstić information content (AvgIpc) is 2.26. The van der Waals surface area contributed by atoms with Crippen LogP contribution in [0, 0.1) is 5.41 Å². The van der Waals surface area contributed by atoms with Gasteiger partial charge in [0.05, 0.1) is 0 Å². The van der Waals surface area contributed by atoms with Crippen molar-refractivity contribution in [1.29, 1.82) is 5.41 Å². The van der Waals surface area contributed by atoms with Crippen molar-refractivity contribution < 1.29 is 4.55 Å². The van der Waals surface area contributed by atoms with E-state index in [2.05, 4.69) is 30.8 Å². The molecule has 0 aromatic carbocycles. The van der Waals surface area contributed by atoms with Crippen molar-refractivity contribution in [3.05, 3.63) is 0 Å². The number of amidine groups is 1. The van der Waals surface area contributed by atoms with Crippen molar-refractivity contribution in [3.8, 4) is 0 Å². The van der Waals surface area contributed by atoms with Crippen LogP contribution in [0.1, 0.15) is 60.8 Å². The van der Waals surface area contributed by atoms with Gasteiger partial charge in [0.2, 0.25) is 0 Å². The smallest absolute Gasteiger partial charge is 0.136 e. The number of nitrogens with one attached hydrogen (secondary N) is 3. The lowest BCUT2D eigenvalue weighted by Crippen LogP contribution is -2.52. The van der Waals surface area contributed by atoms with Crippen LogP contribution >= 0.6 is 0 Å². The third-order valence-electron chi connectivity index (χ3n) is 2.75. The van der Waals surface area contributed by atoms with Crippen LogP contribution in [-0.4, -0.2) is 27.2 Å². The van der Waals surface area contributed by atoms with E-state index in [0.29, 0.717) is 5.84 Å². The molecule has 0 amide bonds. The molecular weight excluding hydrogens is 246 g/mol. The van der Waals surface area contributed by atoms with Gasteiger partial charge in [0.25, 0.3) is 0 Å². The quantitative estimate of drug-likeness (QED) is 0.380. The molecule has 0 aromatic rings. The topological polar surface area (TPSA) is 71.0 Å². The molecule has 3 atom stereocenters. The molecule has 0 aliphatic heterocycles. The maximum Gasteiger partial charge on any atom is 0.136 e. The van der Waals surface area contributed by atoms with Crippen LogP contribution in [0.2, 0.25) is 0 Å². The van der Waals surface area contributed by atoms with Crippen LogP contribution in [0.3, 0.4) is 0 Å². The molecule has 0 fully saturated rings. The van der Waals surface area contributed by atoms with E-state index >= 15 is 0 Å². The molecule has 0 bridgehead atoms. The van der Waals surface area contributed by atoms with E-state index in [4.69, 9.17) is 5.41 Å². The van der Waals surface area contributed by atoms with Crippen molar-refractivity contribution in [2.45, 2.75) is 77.6 Å². The number of hydrogen-bond donors (Lipinski definition) is 3. The molecule has 0 rings (SSSR count). The van der Waals surface area contributed by atoms with E-state index in [1.807, 2.05) is 20.8 Å². The van der Waals surface area contributed by atoms with E-state index < -0.39 is 11.4 Å². The molecule has 0 aliphatic carbocycles. The monoisotopic (exact) mass is 275 g/mol. The normalized spacial score (nSPS) is 17.1. The fraction of sp³-hybridized carbons (Fsp3) is 0.923. The van der Waals surface area contributed by atoms with Gasteiger partial charge in [-0.1, -0.05) is 20.3 Å². The maximum absolute atomic E-state index is 12.1. The van der Waals surface area contributed by atoms with Crippen molar-refractivity contribution in [2.24, 2.45) is 0 Å². The molecule has 3 N–H and O–H groups in total. The Balaban J connectivity index is 4.51. The largest absolute Gasteiger partial charge is 0.598 e. The number of hydrogen-bond acceptors (Lipinski definition) is 3. The molecule has 5 heteroatoms. The standard InChI is InChI=1S/C13H29N3OS/c1-7-9-11(12(14)15-10(3)8-2)16-18(17)13(4,5)6/h10-11,16H,7-9H2,1-6H3,(H2,14,15)/t10?,11-,18+/m0/s1. The molecule has 4 nitrogen and oxygen atoms in total. The van der Waals surface area contributed by atoms with Gasteiger partial charge in [0, 0.05) is 17.4 Å². The molecule has 0 heterocycles. The molecule has 0 aromatic heterocycles. The van der Waals surface area contributed by atoms with Crippen LogP contribution in [-0.2, 0) is 11.4 Å². The highest BCUT2D eigenvalue weighted by Gasteiger charge is 2.30. The second kappa shape index (κ2) is 8.02. The lowest BCUT2D eigenvalue weighted by molar-refractivity contribution is 0.525. The first-order valence-electron chi connectivity index (χ1n) is 6.75. The summed E-state index contributed by atoms with van der Waals surface area (Å²) in [5.74, 6) is 0.448. The molecule has 0 saturated carbocycles. The van der Waals surface area contributed by atoms with E-state index in [1.54, 1.807) is 0 Å². The highest BCUT2D eigenvalue weighted by molar-refractivity contribution is 7.90. The van der Waals surface area contributed by atoms with Crippen molar-refractivity contribution in [3.63, 3.8) is 0 Å². The first-order chi connectivity index (χ1) is 8.22. The summed E-state index contributed by atoms with van der Waals surface area (Å²) >= 11 is -1.14. The van der Waals surface area contributed by atoms with Crippen LogP contribution in [0.4, 0.5) is 0 Å². The highest BCUT2D eigenvalue weighted by Crippen LogP contribution is 2.15. The van der Waals surface area contributed by atoms with Crippen LogP contribution < -0.4 is 10.0 Å². The van der Waals surface area contributed by atoms with Crippen molar-refractivity contribution >= 4 is 17.2 Å². The Kier molecular flexibility index (Phi) is 7.90. The molecule has 18 heavy (non-hydrogen) atoms. The van der Waals surface area contributed by atoms with Crippen LogP contribution in [0.5, 0.6) is 0 Å². The van der Waals surface area contributed by atoms with E-state index in [1.165, 1.54) is 0 Å². The van der Waals surface area contributed by atoms with E-state index in [0.717, 1.165) is 19.3 Å². The molecule has 0 radical (unpaired) electrons. The summed E-state index contributed by atoms with van der Waals surface area (Å²) in [7, 11) is 0. The van der Waals surface area contributed by atoms with Gasteiger partial charge in [0.15, 0.2) is 0 Å². The van der Waals surface area contributed by atoms with Gasteiger partial charge in [-0.15, -0.1) is 4.72 Å². The molecule has 0 aliphatic rings. The summed E-state index contributed by atoms with van der Waals surface area (Å²) in [6.07, 6.45) is 2.76. The minimum absolute atomic E-state index is 0.149. The van der Waals surface area contributed by atoms with Crippen LogP contribution in [0.25, 0.3) is 0 Å². The zero-order valence-corrected chi connectivity index (χ0v) is 13.4. The van der Waals surface area contributed by atoms with Crippen molar-refractivity contribution in [2.75, 3.05) is 0 Å². The average molecular weight is 275 g/mol. The first kappa shape index (κ1) is 17.7. The predicted molar refractivity (Wildman–Crippen MR) is 80.3 cm³/mol. The minimum Gasteiger partial charge on any atom is -0.598 e. The summed E-state index contributed by atoms with van der Waals surface area (Å²) in [5.41, 5.74) is 0. The zero-order chi connectivity index (χ0) is 14.3. The minimum atomic E-state index is -1.14. The third kappa shape index (κ3) is 6.61. The summed E-state index contributed by atoms with van der Waals surface area (Å²) in [6, 6.07) is 0.130. The molecule has 0 saturated heterocycles. The van der Waals surface area contributed by atoms with Crippen molar-refractivity contribution in [1.82, 2.24) is 10.0 Å². The molecular formula is C13H29N3OS. The zero-order valence-electron chi connectivity index (χ0n) is 12.6. The van der Waals surface area contributed by atoms with Crippen LogP contribution in [0.15, 0.2) is 0 Å². The van der Waals surface area contributed by atoms with Gasteiger partial charge in [0.1, 0.15) is 16.6 Å². The molecule has 1 unspecified atom stereocenters. The van der Waals surface area contributed by atoms with Gasteiger partial charge < -0.3 is 9.87 Å². The molecule has 108 valence electrons. The Morgan fingerprint density at radius 2 is 1.89 bits per heavy atom. The lowest BCUT2D eigenvalue weighted by Gasteiger charge is -2.29.